The molecule has 5 heteroatoms. The van der Waals surface area contributed by atoms with Crippen molar-refractivity contribution < 1.29 is 14.6 Å². The van der Waals surface area contributed by atoms with Gasteiger partial charge in [-0.3, -0.25) is 4.68 Å². The lowest BCUT2D eigenvalue weighted by Gasteiger charge is -2.14. The Hall–Kier alpha value is -2.30. The lowest BCUT2D eigenvalue weighted by Crippen LogP contribution is -2.00. The fraction of sp³-hybridized carbons (Fsp3) is 0.412. The average molecular weight is 300 g/mol. The number of aryl methyl sites for hydroxylation is 1. The number of ether oxygens (including phenoxy) is 1. The second kappa shape index (κ2) is 5.83. The van der Waals surface area contributed by atoms with Crippen molar-refractivity contribution in [2.24, 2.45) is 7.05 Å². The van der Waals surface area contributed by atoms with Crippen molar-refractivity contribution in [1.82, 2.24) is 9.78 Å². The molecule has 0 saturated heterocycles. The van der Waals surface area contributed by atoms with E-state index in [1.165, 1.54) is 31.2 Å². The molecular weight excluding hydrogens is 280 g/mol. The standard InChI is InChI=1S/C17H20N2O3/c1-19-15(10-14(18-19)17(20)21)13-9-12(7-8-16(13)22-2)11-5-3-4-6-11/h7-11H,3-6H2,1-2H3,(H,20,21). The molecular formula is C17H20N2O3. The Morgan fingerprint density at radius 1 is 1.32 bits per heavy atom. The molecule has 1 aromatic heterocycles. The molecule has 5 nitrogen and oxygen atoms in total. The van der Waals surface area contributed by atoms with Crippen molar-refractivity contribution in [3.8, 4) is 17.0 Å². The van der Waals surface area contributed by atoms with Gasteiger partial charge in [0.25, 0.3) is 0 Å². The van der Waals surface area contributed by atoms with E-state index in [2.05, 4.69) is 17.2 Å². The topological polar surface area (TPSA) is 64.3 Å². The van der Waals surface area contributed by atoms with Crippen LogP contribution in [0, 0.1) is 0 Å². The van der Waals surface area contributed by atoms with Crippen LogP contribution in [0.3, 0.4) is 0 Å². The first-order valence-corrected chi connectivity index (χ1v) is 7.56. The van der Waals surface area contributed by atoms with Crippen LogP contribution in [-0.2, 0) is 7.05 Å². The van der Waals surface area contributed by atoms with Crippen LogP contribution in [0.1, 0.15) is 47.7 Å². The molecule has 1 saturated carbocycles. The van der Waals surface area contributed by atoms with Gasteiger partial charge in [0.15, 0.2) is 5.69 Å². The van der Waals surface area contributed by atoms with E-state index in [0.717, 1.165) is 17.0 Å². The number of aromatic nitrogens is 2. The number of carbonyl (C=O) groups is 1. The van der Waals surface area contributed by atoms with Crippen molar-refractivity contribution in [2.45, 2.75) is 31.6 Å². The zero-order valence-electron chi connectivity index (χ0n) is 12.9. The molecule has 1 heterocycles. The molecule has 0 bridgehead atoms. The third-order valence-corrected chi connectivity index (χ3v) is 4.42. The molecule has 1 N–H and O–H groups in total. The van der Waals surface area contributed by atoms with Crippen LogP contribution in [0.5, 0.6) is 5.75 Å². The average Bonchev–Trinajstić information content (AvgIpc) is 3.16. The Labute approximate surface area is 129 Å². The van der Waals surface area contributed by atoms with Crippen LogP contribution in [0.4, 0.5) is 0 Å². The Kier molecular flexibility index (Phi) is 3.88. The summed E-state index contributed by atoms with van der Waals surface area (Å²) in [7, 11) is 3.38. The van der Waals surface area contributed by atoms with Gasteiger partial charge < -0.3 is 9.84 Å². The van der Waals surface area contributed by atoms with E-state index in [0.29, 0.717) is 5.92 Å². The van der Waals surface area contributed by atoms with Crippen LogP contribution < -0.4 is 4.74 Å². The molecule has 2 aromatic rings. The molecule has 1 aliphatic rings. The third kappa shape index (κ3) is 2.58. The second-order valence-electron chi connectivity index (χ2n) is 5.78. The van der Waals surface area contributed by atoms with E-state index in [9.17, 15) is 4.79 Å². The maximum absolute atomic E-state index is 11.1. The minimum Gasteiger partial charge on any atom is -0.496 e. The Morgan fingerprint density at radius 3 is 2.64 bits per heavy atom. The molecule has 1 aromatic carbocycles. The van der Waals surface area contributed by atoms with Gasteiger partial charge in [-0.25, -0.2) is 4.79 Å². The van der Waals surface area contributed by atoms with Crippen molar-refractivity contribution in [1.29, 1.82) is 0 Å². The summed E-state index contributed by atoms with van der Waals surface area (Å²) < 4.78 is 7.05. The fourth-order valence-corrected chi connectivity index (χ4v) is 3.26. The predicted octanol–water partition coefficient (Wildman–Crippen LogP) is 3.45. The summed E-state index contributed by atoms with van der Waals surface area (Å²) in [6.07, 6.45) is 5.00. The van der Waals surface area contributed by atoms with E-state index < -0.39 is 5.97 Å². The number of aromatic carboxylic acids is 1. The Balaban J connectivity index is 2.07. The van der Waals surface area contributed by atoms with E-state index in [4.69, 9.17) is 9.84 Å². The number of benzene rings is 1. The van der Waals surface area contributed by atoms with Gasteiger partial charge in [-0.15, -0.1) is 0 Å². The third-order valence-electron chi connectivity index (χ3n) is 4.42. The number of nitrogens with zero attached hydrogens (tertiary/aromatic N) is 2. The molecule has 3 rings (SSSR count). The van der Waals surface area contributed by atoms with Gasteiger partial charge in [0.05, 0.1) is 12.8 Å². The molecule has 0 aliphatic heterocycles. The maximum atomic E-state index is 11.1. The van der Waals surface area contributed by atoms with Crippen LogP contribution in [-0.4, -0.2) is 28.0 Å². The first kappa shape index (κ1) is 14.6. The zero-order chi connectivity index (χ0) is 15.7. The lowest BCUT2D eigenvalue weighted by atomic mass is 9.94. The van der Waals surface area contributed by atoms with Gasteiger partial charge in [0.1, 0.15) is 5.75 Å². The Bertz CT molecular complexity index is 700. The molecule has 0 unspecified atom stereocenters. The van der Waals surface area contributed by atoms with Gasteiger partial charge in [-0.05, 0) is 42.5 Å². The van der Waals surface area contributed by atoms with Crippen molar-refractivity contribution in [2.75, 3.05) is 7.11 Å². The SMILES string of the molecule is COc1ccc(C2CCCC2)cc1-c1cc(C(=O)O)nn1C. The van der Waals surface area contributed by atoms with E-state index >= 15 is 0 Å². The van der Waals surface area contributed by atoms with Gasteiger partial charge in [0, 0.05) is 12.6 Å². The van der Waals surface area contributed by atoms with Crippen LogP contribution in [0.2, 0.25) is 0 Å². The molecule has 0 spiro atoms. The van der Waals surface area contributed by atoms with Gasteiger partial charge in [-0.2, -0.15) is 5.10 Å². The summed E-state index contributed by atoms with van der Waals surface area (Å²) in [4.78, 5) is 11.1. The summed E-state index contributed by atoms with van der Waals surface area (Å²) in [5, 5.41) is 13.2. The van der Waals surface area contributed by atoms with Crippen molar-refractivity contribution in [3.63, 3.8) is 0 Å². The van der Waals surface area contributed by atoms with Crippen molar-refractivity contribution in [3.05, 3.63) is 35.5 Å². The normalized spacial score (nSPS) is 15.2. The first-order valence-electron chi connectivity index (χ1n) is 7.56. The first-order chi connectivity index (χ1) is 10.6. The summed E-state index contributed by atoms with van der Waals surface area (Å²) in [5.74, 6) is 0.311. The largest absolute Gasteiger partial charge is 0.496 e. The van der Waals surface area contributed by atoms with E-state index in [-0.39, 0.29) is 5.69 Å². The van der Waals surface area contributed by atoms with E-state index in [1.807, 2.05) is 6.07 Å². The molecule has 116 valence electrons. The number of hydrogen-bond acceptors (Lipinski definition) is 3. The summed E-state index contributed by atoms with van der Waals surface area (Å²) in [6, 6.07) is 7.80. The number of hydrogen-bond donors (Lipinski definition) is 1. The molecule has 22 heavy (non-hydrogen) atoms. The fourth-order valence-electron chi connectivity index (χ4n) is 3.26. The van der Waals surface area contributed by atoms with Crippen LogP contribution in [0.15, 0.2) is 24.3 Å². The molecule has 0 amide bonds. The highest BCUT2D eigenvalue weighted by Crippen LogP contribution is 2.38. The number of carboxylic acid groups (broad SMARTS) is 1. The second-order valence-corrected chi connectivity index (χ2v) is 5.78. The highest BCUT2D eigenvalue weighted by molar-refractivity contribution is 5.87. The van der Waals surface area contributed by atoms with Crippen molar-refractivity contribution >= 4 is 5.97 Å². The quantitative estimate of drug-likeness (QED) is 0.939. The van der Waals surface area contributed by atoms with Gasteiger partial charge in [0.2, 0.25) is 0 Å². The number of methoxy groups -OCH3 is 1. The van der Waals surface area contributed by atoms with Crippen LogP contribution >= 0.6 is 0 Å². The highest BCUT2D eigenvalue weighted by Gasteiger charge is 2.21. The summed E-state index contributed by atoms with van der Waals surface area (Å²) >= 11 is 0. The summed E-state index contributed by atoms with van der Waals surface area (Å²) in [5.41, 5.74) is 3.00. The smallest absolute Gasteiger partial charge is 0.356 e. The lowest BCUT2D eigenvalue weighted by molar-refractivity contribution is 0.0689. The minimum atomic E-state index is -1.02. The summed E-state index contributed by atoms with van der Waals surface area (Å²) in [6.45, 7) is 0. The maximum Gasteiger partial charge on any atom is 0.356 e. The van der Waals surface area contributed by atoms with Crippen LogP contribution in [0.25, 0.3) is 11.3 Å². The highest BCUT2D eigenvalue weighted by atomic mass is 16.5. The minimum absolute atomic E-state index is 0.0471. The number of carboxylic acids is 1. The molecule has 0 atom stereocenters. The molecule has 1 fully saturated rings. The number of rotatable bonds is 4. The molecule has 1 aliphatic carbocycles. The Morgan fingerprint density at radius 2 is 2.05 bits per heavy atom. The van der Waals surface area contributed by atoms with Gasteiger partial charge >= 0.3 is 5.97 Å². The monoisotopic (exact) mass is 300 g/mol. The zero-order valence-corrected chi connectivity index (χ0v) is 12.9. The molecule has 0 radical (unpaired) electrons. The van der Waals surface area contributed by atoms with Gasteiger partial charge in [-0.1, -0.05) is 18.9 Å². The van der Waals surface area contributed by atoms with E-state index in [1.54, 1.807) is 24.9 Å². The predicted molar refractivity (Wildman–Crippen MR) is 83.4 cm³/mol.